The van der Waals surface area contributed by atoms with Gasteiger partial charge in [0.25, 0.3) is 0 Å². The topological polar surface area (TPSA) is 49.3 Å². The Morgan fingerprint density at radius 3 is 2.88 bits per heavy atom. The van der Waals surface area contributed by atoms with E-state index >= 15 is 0 Å². The number of rotatable bonds is 3. The van der Waals surface area contributed by atoms with E-state index in [1.165, 1.54) is 0 Å². The van der Waals surface area contributed by atoms with Gasteiger partial charge in [-0.05, 0) is 30.0 Å². The summed E-state index contributed by atoms with van der Waals surface area (Å²) in [6, 6.07) is 8.96. The molecule has 17 heavy (non-hydrogen) atoms. The van der Waals surface area contributed by atoms with Crippen LogP contribution >= 0.6 is 11.3 Å². The van der Waals surface area contributed by atoms with Crippen molar-refractivity contribution in [3.63, 3.8) is 0 Å². The summed E-state index contributed by atoms with van der Waals surface area (Å²) in [7, 11) is 0. The lowest BCUT2D eigenvalue weighted by Gasteiger charge is -2.06. The van der Waals surface area contributed by atoms with Gasteiger partial charge in [0.2, 0.25) is 5.91 Å². The molecule has 1 amide bonds. The molecule has 0 bridgehead atoms. The molecule has 1 aromatic heterocycles. The normalized spacial score (nSPS) is 10.2. The van der Waals surface area contributed by atoms with E-state index in [4.69, 9.17) is 0 Å². The van der Waals surface area contributed by atoms with Gasteiger partial charge in [-0.1, -0.05) is 12.1 Å². The van der Waals surface area contributed by atoms with Gasteiger partial charge >= 0.3 is 0 Å². The van der Waals surface area contributed by atoms with E-state index in [0.717, 1.165) is 10.4 Å². The number of aromatic hydroxyl groups is 1. The fourth-order valence-corrected chi connectivity index (χ4v) is 2.17. The van der Waals surface area contributed by atoms with Gasteiger partial charge in [-0.15, -0.1) is 11.3 Å². The summed E-state index contributed by atoms with van der Waals surface area (Å²) < 4.78 is 0. The van der Waals surface area contributed by atoms with Gasteiger partial charge in [-0.3, -0.25) is 4.79 Å². The minimum Gasteiger partial charge on any atom is -0.508 e. The Balaban J connectivity index is 2.00. The lowest BCUT2D eigenvalue weighted by atomic mass is 10.2. The van der Waals surface area contributed by atoms with Crippen LogP contribution in [0.15, 0.2) is 35.7 Å². The fraction of sp³-hybridized carbons (Fsp3) is 0.154. The highest BCUT2D eigenvalue weighted by Crippen LogP contribution is 2.21. The molecule has 1 aromatic carbocycles. The SMILES string of the molecule is Cc1ccc(NC(=O)Cc2cccs2)cc1O. The molecule has 0 fully saturated rings. The first-order valence-corrected chi connectivity index (χ1v) is 6.15. The van der Waals surface area contributed by atoms with E-state index in [2.05, 4.69) is 5.32 Å². The van der Waals surface area contributed by atoms with Crippen LogP contribution in [0.2, 0.25) is 0 Å². The molecule has 0 atom stereocenters. The standard InChI is InChI=1S/C13H13NO2S/c1-9-4-5-10(7-12(9)15)14-13(16)8-11-3-2-6-17-11/h2-7,15H,8H2,1H3,(H,14,16). The number of hydrogen-bond acceptors (Lipinski definition) is 3. The molecule has 4 heteroatoms. The largest absolute Gasteiger partial charge is 0.508 e. The third-order valence-electron chi connectivity index (χ3n) is 2.41. The zero-order chi connectivity index (χ0) is 12.3. The summed E-state index contributed by atoms with van der Waals surface area (Å²) >= 11 is 1.56. The predicted molar refractivity (Wildman–Crippen MR) is 69.5 cm³/mol. The molecule has 0 spiro atoms. The van der Waals surface area contributed by atoms with Crippen LogP contribution in [-0.4, -0.2) is 11.0 Å². The van der Waals surface area contributed by atoms with Crippen molar-refractivity contribution in [2.45, 2.75) is 13.3 Å². The van der Waals surface area contributed by atoms with Gasteiger partial charge in [0.15, 0.2) is 0 Å². The first kappa shape index (κ1) is 11.7. The van der Waals surface area contributed by atoms with Gasteiger partial charge < -0.3 is 10.4 Å². The second kappa shape index (κ2) is 5.01. The number of thiophene rings is 1. The monoisotopic (exact) mass is 247 g/mol. The minimum absolute atomic E-state index is 0.0734. The first-order valence-electron chi connectivity index (χ1n) is 5.27. The van der Waals surface area contributed by atoms with Crippen LogP contribution in [0.1, 0.15) is 10.4 Å². The number of anilines is 1. The number of phenolic OH excluding ortho intramolecular Hbond substituents is 1. The molecule has 0 aliphatic carbocycles. The van der Waals surface area contributed by atoms with Crippen LogP contribution in [0.3, 0.4) is 0 Å². The minimum atomic E-state index is -0.0734. The highest BCUT2D eigenvalue weighted by Gasteiger charge is 2.05. The van der Waals surface area contributed by atoms with Crippen molar-refractivity contribution in [3.8, 4) is 5.75 Å². The van der Waals surface area contributed by atoms with Gasteiger partial charge in [0, 0.05) is 16.6 Å². The molecule has 0 aliphatic rings. The molecule has 1 heterocycles. The van der Waals surface area contributed by atoms with Crippen LogP contribution in [0.5, 0.6) is 5.75 Å². The second-order valence-corrected chi connectivity index (χ2v) is 4.84. The Kier molecular flexibility index (Phi) is 3.44. The van der Waals surface area contributed by atoms with Crippen molar-refractivity contribution in [3.05, 3.63) is 46.2 Å². The molecule has 2 N–H and O–H groups in total. The van der Waals surface area contributed by atoms with Crippen molar-refractivity contribution in [2.24, 2.45) is 0 Å². The molecule has 0 unspecified atom stereocenters. The second-order valence-electron chi connectivity index (χ2n) is 3.81. The Hall–Kier alpha value is -1.81. The van der Waals surface area contributed by atoms with E-state index in [1.54, 1.807) is 29.5 Å². The molecule has 0 radical (unpaired) electrons. The number of benzene rings is 1. The Morgan fingerprint density at radius 2 is 2.24 bits per heavy atom. The van der Waals surface area contributed by atoms with Gasteiger partial charge in [0.05, 0.1) is 6.42 Å². The van der Waals surface area contributed by atoms with Crippen molar-refractivity contribution in [2.75, 3.05) is 5.32 Å². The highest BCUT2D eigenvalue weighted by atomic mass is 32.1. The van der Waals surface area contributed by atoms with E-state index in [-0.39, 0.29) is 11.7 Å². The average molecular weight is 247 g/mol. The van der Waals surface area contributed by atoms with E-state index < -0.39 is 0 Å². The van der Waals surface area contributed by atoms with Crippen molar-refractivity contribution in [1.82, 2.24) is 0 Å². The van der Waals surface area contributed by atoms with Crippen LogP contribution in [0.4, 0.5) is 5.69 Å². The van der Waals surface area contributed by atoms with E-state index in [9.17, 15) is 9.90 Å². The van der Waals surface area contributed by atoms with Gasteiger partial charge in [-0.25, -0.2) is 0 Å². The molecule has 0 saturated carbocycles. The molecular weight excluding hydrogens is 234 g/mol. The predicted octanol–water partition coefficient (Wildman–Crippen LogP) is 2.94. The summed E-state index contributed by atoms with van der Waals surface area (Å²) in [5.74, 6) is 0.120. The molecule has 0 aliphatic heterocycles. The van der Waals surface area contributed by atoms with Crippen molar-refractivity contribution >= 4 is 22.9 Å². The van der Waals surface area contributed by atoms with E-state index in [0.29, 0.717) is 12.1 Å². The number of carbonyl (C=O) groups excluding carboxylic acids is 1. The average Bonchev–Trinajstić information content (AvgIpc) is 2.76. The van der Waals surface area contributed by atoms with Gasteiger partial charge in [0.1, 0.15) is 5.75 Å². The zero-order valence-electron chi connectivity index (χ0n) is 9.43. The number of carbonyl (C=O) groups is 1. The lowest BCUT2D eigenvalue weighted by Crippen LogP contribution is -2.13. The molecule has 3 nitrogen and oxygen atoms in total. The summed E-state index contributed by atoms with van der Waals surface area (Å²) in [6.45, 7) is 1.81. The summed E-state index contributed by atoms with van der Waals surface area (Å²) in [5, 5.41) is 14.2. The van der Waals surface area contributed by atoms with Crippen LogP contribution < -0.4 is 5.32 Å². The fourth-order valence-electron chi connectivity index (χ4n) is 1.46. The number of hydrogen-bond donors (Lipinski definition) is 2. The maximum atomic E-state index is 11.7. The summed E-state index contributed by atoms with van der Waals surface area (Å²) in [6.07, 6.45) is 0.367. The third kappa shape index (κ3) is 3.07. The number of amides is 1. The Bertz CT molecular complexity index is 520. The highest BCUT2D eigenvalue weighted by molar-refractivity contribution is 7.10. The van der Waals surface area contributed by atoms with Crippen LogP contribution in [0.25, 0.3) is 0 Å². The Morgan fingerprint density at radius 1 is 1.41 bits per heavy atom. The summed E-state index contributed by atoms with van der Waals surface area (Å²) in [4.78, 5) is 12.7. The quantitative estimate of drug-likeness (QED) is 0.876. The molecule has 2 aromatic rings. The lowest BCUT2D eigenvalue weighted by molar-refractivity contribution is -0.115. The van der Waals surface area contributed by atoms with Crippen LogP contribution in [0, 0.1) is 6.92 Å². The van der Waals surface area contributed by atoms with E-state index in [1.807, 2.05) is 24.4 Å². The zero-order valence-corrected chi connectivity index (χ0v) is 10.3. The van der Waals surface area contributed by atoms with Gasteiger partial charge in [-0.2, -0.15) is 0 Å². The van der Waals surface area contributed by atoms with Crippen LogP contribution in [-0.2, 0) is 11.2 Å². The molecular formula is C13H13NO2S. The number of nitrogens with one attached hydrogen (secondary N) is 1. The first-order chi connectivity index (χ1) is 8.15. The summed E-state index contributed by atoms with van der Waals surface area (Å²) in [5.41, 5.74) is 1.41. The number of aryl methyl sites for hydroxylation is 1. The number of phenols is 1. The molecule has 0 saturated heterocycles. The third-order valence-corrected chi connectivity index (χ3v) is 3.28. The van der Waals surface area contributed by atoms with Crippen molar-refractivity contribution in [1.29, 1.82) is 0 Å². The van der Waals surface area contributed by atoms with Crippen molar-refractivity contribution < 1.29 is 9.90 Å². The molecule has 2 rings (SSSR count). The Labute approximate surface area is 104 Å². The molecule has 88 valence electrons. The maximum Gasteiger partial charge on any atom is 0.229 e. The smallest absolute Gasteiger partial charge is 0.229 e. The maximum absolute atomic E-state index is 11.7.